The van der Waals surface area contributed by atoms with Gasteiger partial charge in [0, 0.05) is 17.8 Å². The van der Waals surface area contributed by atoms with Gasteiger partial charge in [0.1, 0.15) is 0 Å². The van der Waals surface area contributed by atoms with Crippen LogP contribution in [-0.4, -0.2) is 30.7 Å². The molecule has 0 aliphatic carbocycles. The largest absolute Gasteiger partial charge is 0.306 e. The average molecular weight is 204 g/mol. The Balaban J connectivity index is 2.58. The molecule has 2 heteroatoms. The van der Waals surface area contributed by atoms with Crippen LogP contribution in [0.25, 0.3) is 0 Å². The maximum absolute atomic E-state index is 4.41. The Morgan fingerprint density at radius 3 is 2.53 bits per heavy atom. The van der Waals surface area contributed by atoms with Gasteiger partial charge >= 0.3 is 0 Å². The van der Waals surface area contributed by atoms with E-state index in [-0.39, 0.29) is 0 Å². The lowest BCUT2D eigenvalue weighted by Gasteiger charge is -2.28. The first-order chi connectivity index (χ1) is 7.27. The first-order valence-corrected chi connectivity index (χ1v) is 5.44. The summed E-state index contributed by atoms with van der Waals surface area (Å²) in [4.78, 5) is 6.77. The van der Waals surface area contributed by atoms with Crippen molar-refractivity contribution >= 4 is 5.71 Å². The molecule has 0 aromatic heterocycles. The average Bonchev–Trinajstić information content (AvgIpc) is 2.26. The van der Waals surface area contributed by atoms with Gasteiger partial charge in [-0.15, -0.1) is 0 Å². The van der Waals surface area contributed by atoms with Gasteiger partial charge in [-0.3, -0.25) is 4.99 Å². The van der Waals surface area contributed by atoms with Crippen molar-refractivity contribution in [2.45, 2.75) is 12.8 Å². The molecular weight excluding hydrogens is 184 g/mol. The summed E-state index contributed by atoms with van der Waals surface area (Å²) in [5.74, 6) is 0.577. The van der Waals surface area contributed by atoms with E-state index in [1.807, 2.05) is 12.2 Å². The summed E-state index contributed by atoms with van der Waals surface area (Å²) in [5, 5.41) is 0. The van der Waals surface area contributed by atoms with E-state index in [0.29, 0.717) is 5.92 Å². The van der Waals surface area contributed by atoms with Crippen LogP contribution in [0.5, 0.6) is 0 Å². The molecule has 0 N–H and O–H groups in total. The molecule has 15 heavy (non-hydrogen) atoms. The second kappa shape index (κ2) is 6.36. The zero-order chi connectivity index (χ0) is 11.1. The molecule has 1 saturated heterocycles. The summed E-state index contributed by atoms with van der Waals surface area (Å²) < 4.78 is 0. The number of rotatable bonds is 4. The number of nitrogens with zero attached hydrogens (tertiary/aromatic N) is 2. The first-order valence-electron chi connectivity index (χ1n) is 5.44. The Hall–Kier alpha value is -1.15. The van der Waals surface area contributed by atoms with E-state index < -0.39 is 0 Å². The van der Waals surface area contributed by atoms with Crippen molar-refractivity contribution in [2.75, 3.05) is 20.1 Å². The molecule has 1 fully saturated rings. The predicted molar refractivity (Wildman–Crippen MR) is 67.2 cm³/mol. The fourth-order valence-corrected chi connectivity index (χ4v) is 1.82. The summed E-state index contributed by atoms with van der Waals surface area (Å²) in [6, 6.07) is 0. The minimum absolute atomic E-state index is 0.577. The van der Waals surface area contributed by atoms with Gasteiger partial charge in [-0.1, -0.05) is 19.2 Å². The predicted octanol–water partition coefficient (Wildman–Crippen LogP) is 2.65. The highest BCUT2D eigenvalue weighted by Crippen LogP contribution is 2.18. The molecule has 0 aromatic rings. The van der Waals surface area contributed by atoms with E-state index in [2.05, 4.69) is 30.1 Å². The number of piperidine rings is 1. The maximum atomic E-state index is 4.41. The SMILES string of the molecule is C=C/C=C\N=C(C=C)C1CCN(C)CC1. The topological polar surface area (TPSA) is 15.6 Å². The highest BCUT2D eigenvalue weighted by Gasteiger charge is 2.19. The third-order valence-corrected chi connectivity index (χ3v) is 2.79. The van der Waals surface area contributed by atoms with Gasteiger partial charge in [0.25, 0.3) is 0 Å². The number of hydrogen-bond donors (Lipinski definition) is 0. The van der Waals surface area contributed by atoms with E-state index in [0.717, 1.165) is 18.8 Å². The van der Waals surface area contributed by atoms with E-state index in [9.17, 15) is 0 Å². The smallest absolute Gasteiger partial charge is 0.0429 e. The van der Waals surface area contributed by atoms with Crippen LogP contribution >= 0.6 is 0 Å². The van der Waals surface area contributed by atoms with Crippen LogP contribution in [0.15, 0.2) is 42.6 Å². The summed E-state index contributed by atoms with van der Waals surface area (Å²) in [6.45, 7) is 9.76. The van der Waals surface area contributed by atoms with Crippen LogP contribution in [0.4, 0.5) is 0 Å². The first kappa shape index (κ1) is 11.9. The van der Waals surface area contributed by atoms with Crippen molar-refractivity contribution in [1.29, 1.82) is 0 Å². The molecule has 1 aliphatic rings. The van der Waals surface area contributed by atoms with Gasteiger partial charge < -0.3 is 4.90 Å². The Bertz CT molecular complexity index is 268. The molecule has 0 unspecified atom stereocenters. The van der Waals surface area contributed by atoms with Crippen molar-refractivity contribution in [3.8, 4) is 0 Å². The van der Waals surface area contributed by atoms with Gasteiger partial charge in [0.2, 0.25) is 0 Å². The van der Waals surface area contributed by atoms with E-state index in [4.69, 9.17) is 0 Å². The van der Waals surface area contributed by atoms with Crippen LogP contribution in [0, 0.1) is 5.92 Å². The normalized spacial score (nSPS) is 20.7. The molecule has 2 nitrogen and oxygen atoms in total. The van der Waals surface area contributed by atoms with Crippen molar-refractivity contribution in [2.24, 2.45) is 10.9 Å². The van der Waals surface area contributed by atoms with Gasteiger partial charge in [-0.25, -0.2) is 0 Å². The van der Waals surface area contributed by atoms with Crippen molar-refractivity contribution < 1.29 is 0 Å². The molecule has 0 bridgehead atoms. The summed E-state index contributed by atoms with van der Waals surface area (Å²) in [6.07, 6.45) is 9.62. The molecular formula is C13H20N2. The van der Waals surface area contributed by atoms with Crippen LogP contribution in [0.1, 0.15) is 12.8 Å². The molecule has 1 heterocycles. The third-order valence-electron chi connectivity index (χ3n) is 2.79. The highest BCUT2D eigenvalue weighted by molar-refractivity contribution is 5.96. The lowest BCUT2D eigenvalue weighted by molar-refractivity contribution is 0.252. The Morgan fingerprint density at radius 2 is 2.00 bits per heavy atom. The zero-order valence-corrected chi connectivity index (χ0v) is 9.52. The molecule has 0 amide bonds. The summed E-state index contributed by atoms with van der Waals surface area (Å²) in [5.41, 5.74) is 1.11. The van der Waals surface area contributed by atoms with Gasteiger partial charge in [-0.05, 0) is 45.1 Å². The fourth-order valence-electron chi connectivity index (χ4n) is 1.82. The number of aliphatic imine (C=N–C) groups is 1. The molecule has 0 spiro atoms. The third kappa shape index (κ3) is 3.84. The molecule has 0 aromatic carbocycles. The molecule has 82 valence electrons. The number of likely N-dealkylation sites (tertiary alicyclic amines) is 1. The van der Waals surface area contributed by atoms with Crippen molar-refractivity contribution in [3.05, 3.63) is 37.6 Å². The van der Waals surface area contributed by atoms with E-state index >= 15 is 0 Å². The Labute approximate surface area is 92.7 Å². The lowest BCUT2D eigenvalue weighted by Crippen LogP contribution is -2.33. The van der Waals surface area contributed by atoms with Crippen molar-refractivity contribution in [3.63, 3.8) is 0 Å². The maximum Gasteiger partial charge on any atom is 0.0429 e. The summed E-state index contributed by atoms with van der Waals surface area (Å²) >= 11 is 0. The standard InChI is InChI=1S/C13H20N2/c1-4-6-9-14-13(5-2)12-7-10-15(3)11-8-12/h4-6,9,12H,1-2,7-8,10-11H2,3H3/b9-6-,14-13?. The molecule has 0 atom stereocenters. The van der Waals surface area contributed by atoms with Crippen molar-refractivity contribution in [1.82, 2.24) is 4.90 Å². The van der Waals surface area contributed by atoms with E-state index in [1.165, 1.54) is 12.8 Å². The monoisotopic (exact) mass is 204 g/mol. The minimum Gasteiger partial charge on any atom is -0.306 e. The van der Waals surface area contributed by atoms with Crippen LogP contribution in [-0.2, 0) is 0 Å². The van der Waals surface area contributed by atoms with Gasteiger partial charge in [0.15, 0.2) is 0 Å². The molecule has 1 rings (SSSR count). The molecule has 0 saturated carbocycles. The Morgan fingerprint density at radius 1 is 1.33 bits per heavy atom. The highest BCUT2D eigenvalue weighted by atomic mass is 15.1. The Kier molecular flexibility index (Phi) is 5.05. The fraction of sp³-hybridized carbons (Fsp3) is 0.462. The quantitative estimate of drug-likeness (QED) is 0.508. The van der Waals surface area contributed by atoms with Crippen LogP contribution < -0.4 is 0 Å². The lowest BCUT2D eigenvalue weighted by atomic mass is 9.92. The zero-order valence-electron chi connectivity index (χ0n) is 9.52. The van der Waals surface area contributed by atoms with Gasteiger partial charge in [0.05, 0.1) is 0 Å². The van der Waals surface area contributed by atoms with Crippen LogP contribution in [0.3, 0.4) is 0 Å². The van der Waals surface area contributed by atoms with Gasteiger partial charge in [-0.2, -0.15) is 0 Å². The molecule has 1 aliphatic heterocycles. The summed E-state index contributed by atoms with van der Waals surface area (Å²) in [7, 11) is 2.17. The minimum atomic E-state index is 0.577. The van der Waals surface area contributed by atoms with E-state index in [1.54, 1.807) is 12.3 Å². The second-order valence-electron chi connectivity index (χ2n) is 3.91. The number of allylic oxidation sites excluding steroid dienone is 3. The molecule has 0 radical (unpaired) electrons. The van der Waals surface area contributed by atoms with Crippen LogP contribution in [0.2, 0.25) is 0 Å². The number of hydrogen-bond acceptors (Lipinski definition) is 2. The second-order valence-corrected chi connectivity index (χ2v) is 3.91.